The van der Waals surface area contributed by atoms with Crippen LogP contribution in [0.5, 0.6) is 0 Å². The van der Waals surface area contributed by atoms with Crippen molar-refractivity contribution >= 4 is 16.0 Å². The normalized spacial score (nSPS) is 11.3. The van der Waals surface area contributed by atoms with E-state index in [2.05, 4.69) is 19.7 Å². The Morgan fingerprint density at radius 1 is 1.67 bits per heavy atom. The molecule has 0 aromatic carbocycles. The lowest BCUT2D eigenvalue weighted by Crippen LogP contribution is -2.30. The Morgan fingerprint density at radius 3 is 2.93 bits per heavy atom. The van der Waals surface area contributed by atoms with Gasteiger partial charge in [-0.2, -0.15) is 5.10 Å². The first-order chi connectivity index (χ1) is 7.03. The van der Waals surface area contributed by atoms with Gasteiger partial charge in [0.2, 0.25) is 10.0 Å². The zero-order chi connectivity index (χ0) is 11.3. The van der Waals surface area contributed by atoms with Crippen molar-refractivity contribution in [1.82, 2.24) is 14.9 Å². The Bertz CT molecular complexity index is 411. The fraction of sp³-hybridized carbons (Fsp3) is 0.429. The van der Waals surface area contributed by atoms with Gasteiger partial charge in [-0.25, -0.2) is 13.1 Å². The van der Waals surface area contributed by atoms with Crippen molar-refractivity contribution in [1.29, 1.82) is 0 Å². The maximum atomic E-state index is 11.3. The summed E-state index contributed by atoms with van der Waals surface area (Å²) in [5, 5.41) is 6.19. The number of aromatic nitrogens is 2. The number of nitrogens with zero attached hydrogens (tertiary/aromatic N) is 1. The smallest absolute Gasteiger partial charge is 0.322 e. The standard InChI is InChI=1S/C7H11N3O4S/c1-14-7(11)5-15(12,13)10-4-6-2-8-9-3-6/h2-3,10H,4-5H2,1H3,(H,8,9). The van der Waals surface area contributed by atoms with E-state index in [0.29, 0.717) is 5.56 Å². The summed E-state index contributed by atoms with van der Waals surface area (Å²) >= 11 is 0. The molecule has 8 heteroatoms. The van der Waals surface area contributed by atoms with E-state index in [4.69, 9.17) is 0 Å². The van der Waals surface area contributed by atoms with Crippen molar-refractivity contribution in [3.8, 4) is 0 Å². The van der Waals surface area contributed by atoms with Crippen molar-refractivity contribution in [3.05, 3.63) is 18.0 Å². The third-order valence-corrected chi connectivity index (χ3v) is 2.79. The van der Waals surface area contributed by atoms with E-state index >= 15 is 0 Å². The van der Waals surface area contributed by atoms with Crippen LogP contribution >= 0.6 is 0 Å². The Labute approximate surface area is 86.9 Å². The van der Waals surface area contributed by atoms with Gasteiger partial charge in [-0.3, -0.25) is 9.89 Å². The van der Waals surface area contributed by atoms with Crippen LogP contribution in [0.25, 0.3) is 0 Å². The molecule has 2 N–H and O–H groups in total. The number of carbonyl (C=O) groups is 1. The van der Waals surface area contributed by atoms with Crippen molar-refractivity contribution in [3.63, 3.8) is 0 Å². The second kappa shape index (κ2) is 4.89. The summed E-state index contributed by atoms with van der Waals surface area (Å²) in [6.45, 7) is 0.0931. The first-order valence-electron chi connectivity index (χ1n) is 4.05. The Hall–Kier alpha value is -1.41. The third kappa shape index (κ3) is 4.09. The molecule has 1 aromatic rings. The van der Waals surface area contributed by atoms with Gasteiger partial charge in [0.1, 0.15) is 0 Å². The van der Waals surface area contributed by atoms with Crippen LogP contribution in [0.15, 0.2) is 12.4 Å². The highest BCUT2D eigenvalue weighted by Gasteiger charge is 2.16. The lowest BCUT2D eigenvalue weighted by atomic mass is 10.4. The van der Waals surface area contributed by atoms with Gasteiger partial charge in [0.15, 0.2) is 5.75 Å². The second-order valence-corrected chi connectivity index (χ2v) is 4.57. The molecule has 0 amide bonds. The molecular formula is C7H11N3O4S. The summed E-state index contributed by atoms with van der Waals surface area (Å²) in [5.74, 6) is -1.48. The molecular weight excluding hydrogens is 222 g/mol. The van der Waals surface area contributed by atoms with Crippen molar-refractivity contribution in [2.24, 2.45) is 0 Å². The molecule has 1 rings (SSSR count). The van der Waals surface area contributed by atoms with Crippen LogP contribution in [-0.4, -0.2) is 37.4 Å². The number of H-pyrrole nitrogens is 1. The zero-order valence-electron chi connectivity index (χ0n) is 8.06. The Balaban J connectivity index is 2.47. The number of hydrogen-bond donors (Lipinski definition) is 2. The lowest BCUT2D eigenvalue weighted by Gasteiger charge is -2.03. The molecule has 0 bridgehead atoms. The monoisotopic (exact) mass is 233 g/mol. The molecule has 0 fully saturated rings. The van der Waals surface area contributed by atoms with E-state index in [0.717, 1.165) is 7.11 Å². The summed E-state index contributed by atoms with van der Waals surface area (Å²) in [7, 11) is -2.50. The van der Waals surface area contributed by atoms with Gasteiger partial charge in [-0.15, -0.1) is 0 Å². The van der Waals surface area contributed by atoms with Crippen molar-refractivity contribution in [2.75, 3.05) is 12.9 Å². The number of rotatable bonds is 5. The molecule has 7 nitrogen and oxygen atoms in total. The minimum atomic E-state index is -3.64. The first-order valence-corrected chi connectivity index (χ1v) is 5.70. The average molecular weight is 233 g/mol. The fourth-order valence-electron chi connectivity index (χ4n) is 0.833. The van der Waals surface area contributed by atoms with Crippen molar-refractivity contribution < 1.29 is 17.9 Å². The van der Waals surface area contributed by atoms with E-state index < -0.39 is 21.7 Å². The maximum absolute atomic E-state index is 11.3. The van der Waals surface area contributed by atoms with Gasteiger partial charge in [-0.05, 0) is 0 Å². The number of nitrogens with one attached hydrogen (secondary N) is 2. The van der Waals surface area contributed by atoms with Gasteiger partial charge in [0, 0.05) is 18.3 Å². The van der Waals surface area contributed by atoms with Gasteiger partial charge in [0.25, 0.3) is 0 Å². The number of sulfonamides is 1. The zero-order valence-corrected chi connectivity index (χ0v) is 8.87. The first kappa shape index (κ1) is 11.7. The Kier molecular flexibility index (Phi) is 3.81. The maximum Gasteiger partial charge on any atom is 0.322 e. The van der Waals surface area contributed by atoms with Crippen LogP contribution in [0.3, 0.4) is 0 Å². The van der Waals surface area contributed by atoms with Crippen LogP contribution in [0.2, 0.25) is 0 Å². The number of carbonyl (C=O) groups excluding carboxylic acids is 1. The highest BCUT2D eigenvalue weighted by Crippen LogP contribution is 1.95. The largest absolute Gasteiger partial charge is 0.468 e. The molecule has 0 saturated carbocycles. The van der Waals surface area contributed by atoms with Gasteiger partial charge in [0.05, 0.1) is 13.3 Å². The fourth-order valence-corrected chi connectivity index (χ4v) is 1.75. The van der Waals surface area contributed by atoms with Crippen LogP contribution in [0.1, 0.15) is 5.56 Å². The molecule has 0 spiro atoms. The molecule has 1 aromatic heterocycles. The molecule has 0 atom stereocenters. The predicted octanol–water partition coefficient (Wildman–Crippen LogP) is -0.998. The van der Waals surface area contributed by atoms with Crippen molar-refractivity contribution in [2.45, 2.75) is 6.54 Å². The van der Waals surface area contributed by atoms with Crippen LogP contribution in [0.4, 0.5) is 0 Å². The van der Waals surface area contributed by atoms with E-state index in [1.165, 1.54) is 6.20 Å². The minimum absolute atomic E-state index is 0.0931. The van der Waals surface area contributed by atoms with Crippen LogP contribution in [-0.2, 0) is 26.1 Å². The summed E-state index contributed by atoms with van der Waals surface area (Å²) < 4.78 is 29.0. The SMILES string of the molecule is COC(=O)CS(=O)(=O)NCc1cn[nH]c1. The summed E-state index contributed by atoms with van der Waals surface area (Å²) in [5.41, 5.74) is 0.684. The van der Waals surface area contributed by atoms with Crippen LogP contribution < -0.4 is 4.72 Å². The number of aromatic amines is 1. The van der Waals surface area contributed by atoms with Gasteiger partial charge < -0.3 is 4.74 Å². The minimum Gasteiger partial charge on any atom is -0.468 e. The molecule has 0 aliphatic carbocycles. The molecule has 0 radical (unpaired) electrons. The van der Waals surface area contributed by atoms with Crippen LogP contribution in [0, 0.1) is 0 Å². The lowest BCUT2D eigenvalue weighted by molar-refractivity contribution is -0.137. The second-order valence-electron chi connectivity index (χ2n) is 2.76. The number of methoxy groups -OCH3 is 1. The Morgan fingerprint density at radius 2 is 2.40 bits per heavy atom. The predicted molar refractivity (Wildman–Crippen MR) is 51.2 cm³/mol. The molecule has 84 valence electrons. The highest BCUT2D eigenvalue weighted by atomic mass is 32.2. The van der Waals surface area contributed by atoms with Gasteiger partial charge >= 0.3 is 5.97 Å². The summed E-state index contributed by atoms with van der Waals surface area (Å²) in [6, 6.07) is 0. The average Bonchev–Trinajstić information content (AvgIpc) is 2.66. The molecule has 0 aliphatic heterocycles. The van der Waals surface area contributed by atoms with E-state index in [1.54, 1.807) is 6.20 Å². The highest BCUT2D eigenvalue weighted by molar-refractivity contribution is 7.90. The number of esters is 1. The van der Waals surface area contributed by atoms with E-state index in [-0.39, 0.29) is 6.54 Å². The molecule has 0 aliphatic rings. The third-order valence-electron chi connectivity index (χ3n) is 1.59. The summed E-state index contributed by atoms with van der Waals surface area (Å²) in [6.07, 6.45) is 3.04. The van der Waals surface area contributed by atoms with E-state index in [1.807, 2.05) is 0 Å². The molecule has 1 heterocycles. The topological polar surface area (TPSA) is 101 Å². The van der Waals surface area contributed by atoms with Gasteiger partial charge in [-0.1, -0.05) is 0 Å². The molecule has 15 heavy (non-hydrogen) atoms. The summed E-state index contributed by atoms with van der Waals surface area (Å²) in [4.78, 5) is 10.7. The number of hydrogen-bond acceptors (Lipinski definition) is 5. The number of ether oxygens (including phenoxy) is 1. The molecule has 0 unspecified atom stereocenters. The van der Waals surface area contributed by atoms with E-state index in [9.17, 15) is 13.2 Å². The molecule has 0 saturated heterocycles. The quantitative estimate of drug-likeness (QED) is 0.635.